The zero-order valence-electron chi connectivity index (χ0n) is 14.5. The Hall–Kier alpha value is -2.82. The van der Waals surface area contributed by atoms with Crippen molar-refractivity contribution in [3.63, 3.8) is 0 Å². The summed E-state index contributed by atoms with van der Waals surface area (Å²) in [5.74, 6) is -0.293. The second-order valence-corrected chi connectivity index (χ2v) is 5.64. The van der Waals surface area contributed by atoms with E-state index < -0.39 is 12.1 Å². The molecule has 0 fully saturated rings. The summed E-state index contributed by atoms with van der Waals surface area (Å²) in [6.07, 6.45) is -0.273. The number of nitrogens with one attached hydrogen (secondary N) is 1. The third kappa shape index (κ3) is 5.95. The lowest BCUT2D eigenvalue weighted by molar-refractivity contribution is -0.155. The van der Waals surface area contributed by atoms with Gasteiger partial charge in [0.25, 0.3) is 5.91 Å². The molecule has 0 aliphatic carbocycles. The van der Waals surface area contributed by atoms with Crippen molar-refractivity contribution in [2.75, 3.05) is 6.61 Å². The molecular weight excluding hydrogens is 318 g/mol. The second-order valence-electron chi connectivity index (χ2n) is 5.64. The normalized spacial score (nSPS) is 11.4. The Bertz CT molecular complexity index is 700. The van der Waals surface area contributed by atoms with Crippen LogP contribution in [0.1, 0.15) is 24.5 Å². The van der Waals surface area contributed by atoms with E-state index in [9.17, 15) is 9.59 Å². The molecule has 2 rings (SSSR count). The quantitative estimate of drug-likeness (QED) is 0.750. The number of hydrogen-bond acceptors (Lipinski definition) is 4. The van der Waals surface area contributed by atoms with Crippen LogP contribution < -0.4 is 10.1 Å². The molecule has 0 aliphatic rings. The van der Waals surface area contributed by atoms with E-state index in [0.29, 0.717) is 18.7 Å². The summed E-state index contributed by atoms with van der Waals surface area (Å²) < 4.78 is 10.7. The molecule has 0 saturated carbocycles. The van der Waals surface area contributed by atoms with Crippen LogP contribution in [0.4, 0.5) is 0 Å². The third-order valence-corrected chi connectivity index (χ3v) is 3.74. The Morgan fingerprint density at radius 2 is 1.72 bits per heavy atom. The molecule has 0 unspecified atom stereocenters. The number of amides is 1. The van der Waals surface area contributed by atoms with E-state index in [-0.39, 0.29) is 12.5 Å². The van der Waals surface area contributed by atoms with Crippen LogP contribution in [-0.2, 0) is 20.9 Å². The average Bonchev–Trinajstić information content (AvgIpc) is 2.64. The lowest BCUT2D eigenvalue weighted by atomic mass is 10.1. The van der Waals surface area contributed by atoms with Gasteiger partial charge in [0.1, 0.15) is 5.75 Å². The van der Waals surface area contributed by atoms with Gasteiger partial charge in [-0.2, -0.15) is 0 Å². The van der Waals surface area contributed by atoms with Crippen molar-refractivity contribution in [2.45, 2.75) is 32.9 Å². The molecule has 1 amide bonds. The number of aryl methyl sites for hydroxylation is 1. The molecule has 5 heteroatoms. The van der Waals surface area contributed by atoms with Gasteiger partial charge in [0.15, 0.2) is 12.7 Å². The van der Waals surface area contributed by atoms with Crippen molar-refractivity contribution in [2.24, 2.45) is 0 Å². The summed E-state index contributed by atoms with van der Waals surface area (Å²) in [4.78, 5) is 24.0. The third-order valence-electron chi connectivity index (χ3n) is 3.74. The second kappa shape index (κ2) is 9.47. The maximum atomic E-state index is 12.1. The molecule has 0 aromatic heterocycles. The highest BCUT2D eigenvalue weighted by atomic mass is 16.6. The van der Waals surface area contributed by atoms with Crippen LogP contribution in [0.15, 0.2) is 54.6 Å². The average molecular weight is 341 g/mol. The van der Waals surface area contributed by atoms with Gasteiger partial charge >= 0.3 is 5.97 Å². The van der Waals surface area contributed by atoms with Gasteiger partial charge in [0.05, 0.1) is 0 Å². The van der Waals surface area contributed by atoms with Crippen molar-refractivity contribution in [3.05, 3.63) is 65.7 Å². The topological polar surface area (TPSA) is 64.6 Å². The summed E-state index contributed by atoms with van der Waals surface area (Å²) in [6.45, 7) is 3.89. The number of hydrogen-bond donors (Lipinski definition) is 1. The van der Waals surface area contributed by atoms with E-state index >= 15 is 0 Å². The minimum absolute atomic E-state index is 0.320. The number of carbonyl (C=O) groups is 2. The molecule has 0 aliphatic heterocycles. The lowest BCUT2D eigenvalue weighted by Crippen LogP contribution is -2.33. The fraction of sp³-hybridized carbons (Fsp3) is 0.300. The fourth-order valence-corrected chi connectivity index (χ4v) is 2.24. The molecule has 0 saturated heterocycles. The molecule has 2 aromatic carbocycles. The highest BCUT2D eigenvalue weighted by molar-refractivity contribution is 5.82. The Labute approximate surface area is 148 Å². The first-order valence-corrected chi connectivity index (χ1v) is 8.29. The molecule has 0 spiro atoms. The van der Waals surface area contributed by atoms with Gasteiger partial charge in [-0.1, -0.05) is 49.4 Å². The molecule has 0 radical (unpaired) electrons. The van der Waals surface area contributed by atoms with Crippen molar-refractivity contribution < 1.29 is 19.1 Å². The van der Waals surface area contributed by atoms with Crippen LogP contribution in [0.25, 0.3) is 0 Å². The van der Waals surface area contributed by atoms with Crippen molar-refractivity contribution in [3.8, 4) is 5.75 Å². The Balaban J connectivity index is 1.77. The van der Waals surface area contributed by atoms with Crippen molar-refractivity contribution in [1.29, 1.82) is 0 Å². The minimum Gasteiger partial charge on any atom is -0.479 e. The number of esters is 1. The fourth-order valence-electron chi connectivity index (χ4n) is 2.24. The summed E-state index contributed by atoms with van der Waals surface area (Å²) in [6, 6.07) is 16.8. The monoisotopic (exact) mass is 341 g/mol. The predicted octanol–water partition coefficient (Wildman–Crippen LogP) is 3.01. The zero-order chi connectivity index (χ0) is 18.1. The van der Waals surface area contributed by atoms with Gasteiger partial charge in [-0.05, 0) is 36.6 Å². The van der Waals surface area contributed by atoms with Gasteiger partial charge in [-0.3, -0.25) is 4.79 Å². The van der Waals surface area contributed by atoms with E-state index in [2.05, 4.69) is 5.32 Å². The maximum absolute atomic E-state index is 12.1. The van der Waals surface area contributed by atoms with Crippen LogP contribution in [-0.4, -0.2) is 24.6 Å². The summed E-state index contributed by atoms with van der Waals surface area (Å²) in [5.41, 5.74) is 2.13. The molecule has 0 heterocycles. The summed E-state index contributed by atoms with van der Waals surface area (Å²) in [5, 5.41) is 2.74. The lowest BCUT2D eigenvalue weighted by Gasteiger charge is -2.16. The van der Waals surface area contributed by atoms with Crippen molar-refractivity contribution in [1.82, 2.24) is 5.32 Å². The number of benzene rings is 2. The SMILES string of the molecule is CC[C@H](Oc1ccccc1)C(=O)OCC(=O)NCc1ccccc1C. The van der Waals surface area contributed by atoms with Crippen LogP contribution in [0.2, 0.25) is 0 Å². The number of carbonyl (C=O) groups excluding carboxylic acids is 2. The zero-order valence-corrected chi connectivity index (χ0v) is 14.5. The van der Waals surface area contributed by atoms with Crippen LogP contribution in [0.5, 0.6) is 5.75 Å². The number of rotatable bonds is 8. The molecule has 25 heavy (non-hydrogen) atoms. The van der Waals surface area contributed by atoms with E-state index in [1.54, 1.807) is 12.1 Å². The van der Waals surface area contributed by atoms with Gasteiger partial charge in [0, 0.05) is 6.54 Å². The first-order valence-electron chi connectivity index (χ1n) is 8.29. The summed E-state index contributed by atoms with van der Waals surface area (Å²) in [7, 11) is 0. The largest absolute Gasteiger partial charge is 0.479 e. The Morgan fingerprint density at radius 3 is 2.40 bits per heavy atom. The standard InChI is InChI=1S/C20H23NO4/c1-3-18(25-17-11-5-4-6-12-17)20(23)24-14-19(22)21-13-16-10-8-7-9-15(16)2/h4-12,18H,3,13-14H2,1-2H3,(H,21,22)/t18-/m0/s1. The highest BCUT2D eigenvalue weighted by Gasteiger charge is 2.21. The Morgan fingerprint density at radius 1 is 1.04 bits per heavy atom. The van der Waals surface area contributed by atoms with E-state index in [1.165, 1.54) is 0 Å². The minimum atomic E-state index is -0.730. The van der Waals surface area contributed by atoms with Crippen molar-refractivity contribution >= 4 is 11.9 Å². The van der Waals surface area contributed by atoms with E-state index in [1.807, 2.05) is 56.3 Å². The van der Waals surface area contributed by atoms with Crippen LogP contribution in [0.3, 0.4) is 0 Å². The highest BCUT2D eigenvalue weighted by Crippen LogP contribution is 2.13. The number of ether oxygens (including phenoxy) is 2. The maximum Gasteiger partial charge on any atom is 0.347 e. The molecule has 5 nitrogen and oxygen atoms in total. The molecule has 132 valence electrons. The van der Waals surface area contributed by atoms with E-state index in [0.717, 1.165) is 11.1 Å². The van der Waals surface area contributed by atoms with Gasteiger partial charge in [-0.15, -0.1) is 0 Å². The molecular formula is C20H23NO4. The molecule has 0 bridgehead atoms. The predicted molar refractivity (Wildman–Crippen MR) is 95.1 cm³/mol. The van der Waals surface area contributed by atoms with Crippen LogP contribution in [0, 0.1) is 6.92 Å². The smallest absolute Gasteiger partial charge is 0.347 e. The first kappa shape index (κ1) is 18.5. The van der Waals surface area contributed by atoms with E-state index in [4.69, 9.17) is 9.47 Å². The molecule has 1 atom stereocenters. The number of para-hydroxylation sites is 1. The van der Waals surface area contributed by atoms with Gasteiger partial charge < -0.3 is 14.8 Å². The molecule has 1 N–H and O–H groups in total. The van der Waals surface area contributed by atoms with Gasteiger partial charge in [-0.25, -0.2) is 4.79 Å². The Kier molecular flexibility index (Phi) is 7.01. The summed E-state index contributed by atoms with van der Waals surface area (Å²) >= 11 is 0. The molecule has 2 aromatic rings. The first-order chi connectivity index (χ1) is 12.1. The van der Waals surface area contributed by atoms with Gasteiger partial charge in [0.2, 0.25) is 0 Å². The van der Waals surface area contributed by atoms with Crippen LogP contribution >= 0.6 is 0 Å².